The third-order valence-corrected chi connectivity index (χ3v) is 4.33. The van der Waals surface area contributed by atoms with Crippen molar-refractivity contribution in [1.29, 1.82) is 0 Å². The summed E-state index contributed by atoms with van der Waals surface area (Å²) in [4.78, 5) is 17.1. The minimum absolute atomic E-state index is 0.0430. The van der Waals surface area contributed by atoms with Gasteiger partial charge in [0.1, 0.15) is 0 Å². The minimum atomic E-state index is 0.0430. The van der Waals surface area contributed by atoms with Crippen LogP contribution in [0.3, 0.4) is 0 Å². The second-order valence-corrected chi connectivity index (χ2v) is 6.58. The lowest BCUT2D eigenvalue weighted by atomic mass is 10.1. The molecule has 26 heavy (non-hydrogen) atoms. The van der Waals surface area contributed by atoms with Crippen LogP contribution in [-0.4, -0.2) is 24.9 Å². The quantitative estimate of drug-likeness (QED) is 0.653. The number of anilines is 1. The van der Waals surface area contributed by atoms with Crippen LogP contribution < -0.4 is 4.90 Å². The molecule has 0 saturated carbocycles. The molecular weight excluding hydrogens is 320 g/mol. The summed E-state index contributed by atoms with van der Waals surface area (Å²) in [7, 11) is 3.96. The maximum absolute atomic E-state index is 13.2. The fourth-order valence-electron chi connectivity index (χ4n) is 2.91. The molecule has 0 fully saturated rings. The van der Waals surface area contributed by atoms with Crippen molar-refractivity contribution in [2.24, 2.45) is 0 Å². The van der Waals surface area contributed by atoms with E-state index in [4.69, 9.17) is 0 Å². The Bertz CT molecular complexity index is 803. The summed E-state index contributed by atoms with van der Waals surface area (Å²) in [6, 6.07) is 28.0. The molecule has 0 bridgehead atoms. The molecule has 1 amide bonds. The second-order valence-electron chi connectivity index (χ2n) is 6.58. The Hall–Kier alpha value is -3.07. The minimum Gasteiger partial charge on any atom is -0.378 e. The highest BCUT2D eigenvalue weighted by Gasteiger charge is 2.17. The normalized spacial score (nSPS) is 10.4. The number of benzene rings is 3. The lowest BCUT2D eigenvalue weighted by molar-refractivity contribution is 0.0730. The Balaban J connectivity index is 1.88. The molecule has 0 spiro atoms. The SMILES string of the molecule is CN(C)c1cccc(C(=O)N(Cc2ccccc2)Cc2ccccc2)c1. The van der Waals surface area contributed by atoms with Gasteiger partial charge in [-0.3, -0.25) is 4.79 Å². The van der Waals surface area contributed by atoms with Crippen molar-refractivity contribution in [3.05, 3.63) is 102 Å². The first-order chi connectivity index (χ1) is 12.6. The summed E-state index contributed by atoms with van der Waals surface area (Å²) in [5, 5.41) is 0. The largest absolute Gasteiger partial charge is 0.378 e. The lowest BCUT2D eigenvalue weighted by Crippen LogP contribution is -2.30. The van der Waals surface area contributed by atoms with Crippen molar-refractivity contribution in [1.82, 2.24) is 4.90 Å². The molecule has 0 atom stereocenters. The summed E-state index contributed by atoms with van der Waals surface area (Å²) < 4.78 is 0. The topological polar surface area (TPSA) is 23.6 Å². The fraction of sp³-hybridized carbons (Fsp3) is 0.174. The van der Waals surface area contributed by atoms with Crippen LogP contribution in [0.15, 0.2) is 84.9 Å². The summed E-state index contributed by atoms with van der Waals surface area (Å²) in [6.07, 6.45) is 0. The smallest absolute Gasteiger partial charge is 0.254 e. The van der Waals surface area contributed by atoms with E-state index in [0.29, 0.717) is 18.7 Å². The highest BCUT2D eigenvalue weighted by atomic mass is 16.2. The Morgan fingerprint density at radius 3 is 1.77 bits per heavy atom. The molecule has 0 heterocycles. The Morgan fingerprint density at radius 2 is 1.27 bits per heavy atom. The van der Waals surface area contributed by atoms with Crippen LogP contribution in [0.5, 0.6) is 0 Å². The van der Waals surface area contributed by atoms with Crippen LogP contribution in [0.1, 0.15) is 21.5 Å². The molecule has 132 valence electrons. The monoisotopic (exact) mass is 344 g/mol. The molecule has 3 aromatic carbocycles. The van der Waals surface area contributed by atoms with Crippen LogP contribution in [0.4, 0.5) is 5.69 Å². The first-order valence-corrected chi connectivity index (χ1v) is 8.78. The summed E-state index contributed by atoms with van der Waals surface area (Å²) in [5.41, 5.74) is 3.99. The zero-order valence-corrected chi connectivity index (χ0v) is 15.3. The highest BCUT2D eigenvalue weighted by molar-refractivity contribution is 5.95. The molecule has 0 aromatic heterocycles. The predicted octanol–water partition coefficient (Wildman–Crippen LogP) is 4.60. The van der Waals surface area contributed by atoms with Crippen molar-refractivity contribution in [2.75, 3.05) is 19.0 Å². The van der Waals surface area contributed by atoms with Gasteiger partial charge >= 0.3 is 0 Å². The molecule has 0 saturated heterocycles. The van der Waals surface area contributed by atoms with Crippen LogP contribution in [-0.2, 0) is 13.1 Å². The maximum atomic E-state index is 13.2. The van der Waals surface area contributed by atoms with E-state index in [1.165, 1.54) is 0 Å². The molecule has 0 N–H and O–H groups in total. The fourth-order valence-corrected chi connectivity index (χ4v) is 2.91. The summed E-state index contributed by atoms with van der Waals surface area (Å²) in [6.45, 7) is 1.17. The van der Waals surface area contributed by atoms with Gasteiger partial charge in [-0.1, -0.05) is 66.7 Å². The second kappa shape index (κ2) is 8.34. The first-order valence-electron chi connectivity index (χ1n) is 8.78. The van der Waals surface area contributed by atoms with Gasteiger partial charge in [-0.2, -0.15) is 0 Å². The number of nitrogens with zero attached hydrogens (tertiary/aromatic N) is 2. The Morgan fingerprint density at radius 1 is 0.731 bits per heavy atom. The molecule has 0 aliphatic heterocycles. The van der Waals surface area contributed by atoms with Crippen LogP contribution >= 0.6 is 0 Å². The lowest BCUT2D eigenvalue weighted by Gasteiger charge is -2.24. The van der Waals surface area contributed by atoms with Gasteiger partial charge in [0.05, 0.1) is 0 Å². The molecule has 0 aliphatic rings. The van der Waals surface area contributed by atoms with Crippen LogP contribution in [0, 0.1) is 0 Å². The third-order valence-electron chi connectivity index (χ3n) is 4.33. The van der Waals surface area contributed by atoms with E-state index in [9.17, 15) is 4.79 Å². The van der Waals surface area contributed by atoms with Gasteiger partial charge in [0, 0.05) is 38.4 Å². The third kappa shape index (κ3) is 4.51. The molecule has 3 heteroatoms. The van der Waals surface area contributed by atoms with Crippen molar-refractivity contribution >= 4 is 11.6 Å². The molecule has 3 nitrogen and oxygen atoms in total. The number of hydrogen-bond acceptors (Lipinski definition) is 2. The van der Waals surface area contributed by atoms with Gasteiger partial charge in [0.15, 0.2) is 0 Å². The number of amides is 1. The number of carbonyl (C=O) groups is 1. The Kier molecular flexibility index (Phi) is 5.69. The zero-order chi connectivity index (χ0) is 18.4. The molecule has 3 aromatic rings. The molecule has 0 radical (unpaired) electrons. The van der Waals surface area contributed by atoms with Gasteiger partial charge in [-0.15, -0.1) is 0 Å². The number of hydrogen-bond donors (Lipinski definition) is 0. The van der Waals surface area contributed by atoms with Crippen LogP contribution in [0.2, 0.25) is 0 Å². The van der Waals surface area contributed by atoms with Crippen molar-refractivity contribution < 1.29 is 4.79 Å². The van der Waals surface area contributed by atoms with E-state index in [0.717, 1.165) is 16.8 Å². The van der Waals surface area contributed by atoms with Gasteiger partial charge < -0.3 is 9.80 Å². The maximum Gasteiger partial charge on any atom is 0.254 e. The van der Waals surface area contributed by atoms with Gasteiger partial charge in [-0.05, 0) is 29.3 Å². The standard InChI is InChI=1S/C23H24N2O/c1-24(2)22-15-9-14-21(16-22)23(26)25(17-19-10-5-3-6-11-19)18-20-12-7-4-8-13-20/h3-16H,17-18H2,1-2H3. The molecule has 0 aliphatic carbocycles. The Labute approximate surface area is 155 Å². The zero-order valence-electron chi connectivity index (χ0n) is 15.3. The van der Waals surface area contributed by atoms with E-state index in [2.05, 4.69) is 24.3 Å². The average Bonchev–Trinajstić information content (AvgIpc) is 2.68. The van der Waals surface area contributed by atoms with Gasteiger partial charge in [-0.25, -0.2) is 0 Å². The molecule has 3 rings (SSSR count). The van der Waals surface area contributed by atoms with Gasteiger partial charge in [0.25, 0.3) is 5.91 Å². The van der Waals surface area contributed by atoms with Crippen molar-refractivity contribution in [3.8, 4) is 0 Å². The van der Waals surface area contributed by atoms with Gasteiger partial charge in [0.2, 0.25) is 0 Å². The van der Waals surface area contributed by atoms with Crippen LogP contribution in [0.25, 0.3) is 0 Å². The van der Waals surface area contributed by atoms with Crippen molar-refractivity contribution in [3.63, 3.8) is 0 Å². The van der Waals surface area contributed by atoms with E-state index in [1.54, 1.807) is 0 Å². The average molecular weight is 344 g/mol. The highest BCUT2D eigenvalue weighted by Crippen LogP contribution is 2.18. The van der Waals surface area contributed by atoms with E-state index >= 15 is 0 Å². The van der Waals surface area contributed by atoms with E-state index < -0.39 is 0 Å². The van der Waals surface area contributed by atoms with E-state index in [1.807, 2.05) is 84.6 Å². The molecule has 0 unspecified atom stereocenters. The predicted molar refractivity (Wildman–Crippen MR) is 107 cm³/mol. The number of carbonyl (C=O) groups excluding carboxylic acids is 1. The first kappa shape index (κ1) is 17.7. The molecular formula is C23H24N2O. The summed E-state index contributed by atoms with van der Waals surface area (Å²) >= 11 is 0. The van der Waals surface area contributed by atoms with Crippen molar-refractivity contribution in [2.45, 2.75) is 13.1 Å². The summed E-state index contributed by atoms with van der Waals surface area (Å²) in [5.74, 6) is 0.0430. The number of rotatable bonds is 6. The van der Waals surface area contributed by atoms with E-state index in [-0.39, 0.29) is 5.91 Å².